The number of nitrogens with zero attached hydrogens (tertiary/aromatic N) is 2. The summed E-state index contributed by atoms with van der Waals surface area (Å²) in [6.07, 6.45) is 5.87. The molecular weight excluding hydrogens is 479 g/mol. The number of aliphatic carboxylic acids is 1. The molecule has 4 N–H and O–H groups in total. The van der Waals surface area contributed by atoms with Gasteiger partial charge in [0.2, 0.25) is 5.89 Å². The maximum Gasteiger partial charge on any atom is 0.320 e. The fraction of sp³-hybridized carbons (Fsp3) is 0.250. The molecule has 0 saturated heterocycles. The van der Waals surface area contributed by atoms with Crippen LogP contribution in [0.5, 0.6) is 5.75 Å². The van der Waals surface area contributed by atoms with Gasteiger partial charge in [-0.3, -0.25) is 4.79 Å². The maximum absolute atomic E-state index is 11.0. The third kappa shape index (κ3) is 5.14. The van der Waals surface area contributed by atoms with Crippen LogP contribution in [-0.4, -0.2) is 42.7 Å². The first-order chi connectivity index (χ1) is 16.2. The van der Waals surface area contributed by atoms with Crippen molar-refractivity contribution < 1.29 is 19.1 Å². The van der Waals surface area contributed by atoms with E-state index in [-0.39, 0.29) is 23.1 Å². The van der Waals surface area contributed by atoms with E-state index in [4.69, 9.17) is 43.2 Å². The largest absolute Gasteiger partial charge is 0.486 e. The Labute approximate surface area is 206 Å². The van der Waals surface area contributed by atoms with E-state index >= 15 is 0 Å². The van der Waals surface area contributed by atoms with Crippen LogP contribution >= 0.6 is 23.2 Å². The van der Waals surface area contributed by atoms with Gasteiger partial charge in [0.1, 0.15) is 18.2 Å². The number of hydrogen-bond acceptors (Lipinski definition) is 7. The lowest BCUT2D eigenvalue weighted by atomic mass is 10.1. The first kappa shape index (κ1) is 23.9. The van der Waals surface area contributed by atoms with Gasteiger partial charge in [-0.25, -0.2) is 4.98 Å². The van der Waals surface area contributed by atoms with Gasteiger partial charge in [0.25, 0.3) is 0 Å². The number of aromatic nitrogens is 1. The minimum Gasteiger partial charge on any atom is -0.486 e. The number of dihydropyridines is 1. The summed E-state index contributed by atoms with van der Waals surface area (Å²) in [7, 11) is 3.89. The Bertz CT molecular complexity index is 1280. The van der Waals surface area contributed by atoms with Gasteiger partial charge in [0, 0.05) is 37.5 Å². The van der Waals surface area contributed by atoms with E-state index in [2.05, 4.69) is 10.3 Å². The highest BCUT2D eigenvalue weighted by molar-refractivity contribution is 6.37. The fourth-order valence-corrected chi connectivity index (χ4v) is 4.19. The molecule has 34 heavy (non-hydrogen) atoms. The number of ether oxygens (including phenoxy) is 1. The van der Waals surface area contributed by atoms with Gasteiger partial charge in [-0.05, 0) is 48.5 Å². The number of halogens is 2. The second-order valence-corrected chi connectivity index (χ2v) is 8.91. The van der Waals surface area contributed by atoms with Crippen molar-refractivity contribution in [1.82, 2.24) is 10.3 Å². The summed E-state index contributed by atoms with van der Waals surface area (Å²) in [6, 6.07) is 6.09. The van der Waals surface area contributed by atoms with E-state index in [1.165, 1.54) is 0 Å². The number of carboxylic acids is 1. The van der Waals surface area contributed by atoms with Gasteiger partial charge in [-0.15, -0.1) is 0 Å². The van der Waals surface area contributed by atoms with Gasteiger partial charge in [0.05, 0.1) is 10.0 Å². The number of carbonyl (C=O) groups is 1. The van der Waals surface area contributed by atoms with Crippen LogP contribution in [0.25, 0.3) is 16.7 Å². The van der Waals surface area contributed by atoms with Crippen LogP contribution < -0.4 is 20.7 Å². The highest BCUT2D eigenvalue weighted by Gasteiger charge is 2.19. The molecule has 0 saturated carbocycles. The second-order valence-electron chi connectivity index (χ2n) is 8.09. The summed E-state index contributed by atoms with van der Waals surface area (Å²) < 4.78 is 12.1. The normalized spacial score (nSPS) is 14.0. The van der Waals surface area contributed by atoms with Gasteiger partial charge >= 0.3 is 5.97 Å². The number of rotatable bonds is 8. The zero-order valence-corrected chi connectivity index (χ0v) is 20.2. The molecule has 2 heterocycles. The molecule has 0 unspecified atom stereocenters. The molecule has 0 bridgehead atoms. The average Bonchev–Trinajstić information content (AvgIpc) is 3.23. The van der Waals surface area contributed by atoms with Crippen LogP contribution in [0.1, 0.15) is 17.0 Å². The van der Waals surface area contributed by atoms with Crippen molar-refractivity contribution in [3.8, 4) is 5.75 Å². The molecule has 0 aliphatic carbocycles. The van der Waals surface area contributed by atoms with E-state index in [1.54, 1.807) is 12.1 Å². The summed E-state index contributed by atoms with van der Waals surface area (Å²) in [5.41, 5.74) is 10.2. The first-order valence-electron chi connectivity index (χ1n) is 10.5. The predicted molar refractivity (Wildman–Crippen MR) is 134 cm³/mol. The maximum atomic E-state index is 11.0. The van der Waals surface area contributed by atoms with Crippen molar-refractivity contribution in [3.63, 3.8) is 0 Å². The Hall–Kier alpha value is -3.20. The zero-order chi connectivity index (χ0) is 24.4. The van der Waals surface area contributed by atoms with Crippen LogP contribution in [0.2, 0.25) is 10.0 Å². The highest BCUT2D eigenvalue weighted by Crippen LogP contribution is 2.36. The Morgan fingerprint density at radius 2 is 2.03 bits per heavy atom. The van der Waals surface area contributed by atoms with Gasteiger partial charge in [-0.2, -0.15) is 0 Å². The SMILES string of the molecule is CN(C)c1cc(COc2c(Cl)cc(C[C@H](N)C(=O)O)cc2Cl)c2oc(C3=CCNC=C3)nc2c1. The third-order valence-corrected chi connectivity index (χ3v) is 5.90. The molecule has 3 aromatic rings. The van der Waals surface area contributed by atoms with Gasteiger partial charge in [-0.1, -0.05) is 29.3 Å². The van der Waals surface area contributed by atoms with E-state index in [1.807, 2.05) is 49.5 Å². The van der Waals surface area contributed by atoms with Crippen LogP contribution in [0.3, 0.4) is 0 Å². The van der Waals surface area contributed by atoms with Crippen molar-refractivity contribution >= 4 is 51.5 Å². The second kappa shape index (κ2) is 9.97. The number of carboxylic acid groups (broad SMARTS) is 1. The van der Waals surface area contributed by atoms with Gasteiger partial charge < -0.3 is 30.2 Å². The summed E-state index contributed by atoms with van der Waals surface area (Å²) >= 11 is 12.8. The molecule has 0 spiro atoms. The smallest absolute Gasteiger partial charge is 0.320 e. The van der Waals surface area contributed by atoms with E-state index in [0.29, 0.717) is 34.8 Å². The molecule has 1 aromatic heterocycles. The number of oxazole rings is 1. The molecule has 8 nitrogen and oxygen atoms in total. The van der Waals surface area contributed by atoms with Crippen molar-refractivity contribution in [3.05, 3.63) is 69.7 Å². The number of benzene rings is 2. The molecule has 1 aliphatic heterocycles. The van der Waals surface area contributed by atoms with Crippen LogP contribution in [0.4, 0.5) is 5.69 Å². The number of nitrogens with two attached hydrogens (primary N) is 1. The molecule has 2 aromatic carbocycles. The summed E-state index contributed by atoms with van der Waals surface area (Å²) in [6.45, 7) is 0.838. The molecule has 1 aliphatic rings. The topological polar surface area (TPSA) is 114 Å². The van der Waals surface area contributed by atoms with Crippen LogP contribution in [-0.2, 0) is 17.8 Å². The molecular formula is C24H24Cl2N4O4. The number of anilines is 1. The zero-order valence-electron chi connectivity index (χ0n) is 18.6. The number of fused-ring (bicyclic) bond motifs is 1. The molecule has 0 radical (unpaired) electrons. The Morgan fingerprint density at radius 3 is 2.65 bits per heavy atom. The lowest BCUT2D eigenvalue weighted by molar-refractivity contribution is -0.138. The number of allylic oxidation sites excluding steroid dienone is 2. The van der Waals surface area contributed by atoms with Crippen molar-refractivity contribution in [2.45, 2.75) is 19.1 Å². The van der Waals surface area contributed by atoms with E-state index < -0.39 is 12.0 Å². The summed E-state index contributed by atoms with van der Waals surface area (Å²) in [5, 5.41) is 12.7. The molecule has 178 valence electrons. The summed E-state index contributed by atoms with van der Waals surface area (Å²) in [5.74, 6) is -0.275. The molecule has 1 atom stereocenters. The van der Waals surface area contributed by atoms with Crippen molar-refractivity contribution in [2.75, 3.05) is 25.5 Å². The molecule has 0 fully saturated rings. The quantitative estimate of drug-likeness (QED) is 0.419. The van der Waals surface area contributed by atoms with Crippen LogP contribution in [0, 0.1) is 0 Å². The Balaban J connectivity index is 1.64. The Morgan fingerprint density at radius 1 is 1.29 bits per heavy atom. The van der Waals surface area contributed by atoms with E-state index in [9.17, 15) is 4.79 Å². The first-order valence-corrected chi connectivity index (χ1v) is 11.3. The van der Waals surface area contributed by atoms with Crippen LogP contribution in [0.15, 0.2) is 47.0 Å². The molecule has 0 amide bonds. The number of hydrogen-bond donors (Lipinski definition) is 3. The predicted octanol–water partition coefficient (Wildman–Crippen LogP) is 4.23. The lowest BCUT2D eigenvalue weighted by Crippen LogP contribution is -2.32. The minimum atomic E-state index is -1.10. The lowest BCUT2D eigenvalue weighted by Gasteiger charge is -2.16. The monoisotopic (exact) mass is 502 g/mol. The standard InChI is InChI=1S/C24H24Cl2N4O4/c1-30(2)16-10-15(21-20(11-16)29-23(34-21)14-3-5-28-6-4-14)12-33-22-17(25)7-13(8-18(22)26)9-19(27)24(31)32/h3-5,7-8,10-11,19,28H,6,9,12,27H2,1-2H3,(H,31,32)/t19-/m0/s1. The average molecular weight is 503 g/mol. The molecule has 10 heteroatoms. The fourth-order valence-electron chi connectivity index (χ4n) is 3.55. The van der Waals surface area contributed by atoms with Gasteiger partial charge in [0.15, 0.2) is 11.3 Å². The Kier molecular flexibility index (Phi) is 7.02. The minimum absolute atomic E-state index is 0.0984. The summed E-state index contributed by atoms with van der Waals surface area (Å²) in [4.78, 5) is 17.7. The molecule has 4 rings (SSSR count). The van der Waals surface area contributed by atoms with E-state index in [0.717, 1.165) is 16.8 Å². The third-order valence-electron chi connectivity index (χ3n) is 5.34. The highest BCUT2D eigenvalue weighted by atomic mass is 35.5. The number of nitrogens with one attached hydrogen (secondary N) is 1. The van der Waals surface area contributed by atoms with Crippen molar-refractivity contribution in [2.24, 2.45) is 5.73 Å². The van der Waals surface area contributed by atoms with Crippen molar-refractivity contribution in [1.29, 1.82) is 0 Å².